The standard InChI is InChI=1S/C16H11BrN2OS/c17-12-8-11(9-18-10-12)16(20)19-14-5-2-1-4-13(14)15-6-3-7-21-15/h1-10H,(H,19,20). The summed E-state index contributed by atoms with van der Waals surface area (Å²) in [5, 5.41) is 4.97. The molecule has 3 rings (SSSR count). The molecule has 0 atom stereocenters. The van der Waals surface area contributed by atoms with Crippen LogP contribution in [0.2, 0.25) is 0 Å². The zero-order chi connectivity index (χ0) is 14.7. The quantitative estimate of drug-likeness (QED) is 0.728. The lowest BCUT2D eigenvalue weighted by Crippen LogP contribution is -2.12. The largest absolute Gasteiger partial charge is 0.321 e. The van der Waals surface area contributed by atoms with Crippen molar-refractivity contribution >= 4 is 38.9 Å². The first-order chi connectivity index (χ1) is 10.2. The lowest BCUT2D eigenvalue weighted by molar-refractivity contribution is 0.102. The number of hydrogen-bond acceptors (Lipinski definition) is 3. The van der Waals surface area contributed by atoms with Gasteiger partial charge < -0.3 is 5.32 Å². The van der Waals surface area contributed by atoms with E-state index in [1.807, 2.05) is 41.8 Å². The van der Waals surface area contributed by atoms with Gasteiger partial charge in [0.25, 0.3) is 5.91 Å². The van der Waals surface area contributed by atoms with Crippen molar-refractivity contribution in [3.8, 4) is 10.4 Å². The van der Waals surface area contributed by atoms with Gasteiger partial charge in [-0.15, -0.1) is 11.3 Å². The second-order valence-corrected chi connectivity index (χ2v) is 6.23. The van der Waals surface area contributed by atoms with Crippen LogP contribution < -0.4 is 5.32 Å². The molecule has 0 fully saturated rings. The molecule has 0 bridgehead atoms. The molecule has 0 aliphatic heterocycles. The minimum Gasteiger partial charge on any atom is -0.321 e. The summed E-state index contributed by atoms with van der Waals surface area (Å²) >= 11 is 4.97. The van der Waals surface area contributed by atoms with Crippen LogP contribution in [0, 0.1) is 0 Å². The van der Waals surface area contributed by atoms with Crippen molar-refractivity contribution in [2.45, 2.75) is 0 Å². The molecular weight excluding hydrogens is 348 g/mol. The summed E-state index contributed by atoms with van der Waals surface area (Å²) in [6.07, 6.45) is 3.20. The Morgan fingerprint density at radius 1 is 1.14 bits per heavy atom. The molecule has 2 heterocycles. The van der Waals surface area contributed by atoms with E-state index in [4.69, 9.17) is 0 Å². The number of amides is 1. The molecule has 0 saturated heterocycles. The maximum atomic E-state index is 12.3. The number of para-hydroxylation sites is 1. The van der Waals surface area contributed by atoms with E-state index in [2.05, 4.69) is 26.2 Å². The first-order valence-corrected chi connectivity index (χ1v) is 7.96. The van der Waals surface area contributed by atoms with E-state index in [0.717, 1.165) is 20.6 Å². The molecule has 0 radical (unpaired) electrons. The van der Waals surface area contributed by atoms with Crippen molar-refractivity contribution < 1.29 is 4.79 Å². The van der Waals surface area contributed by atoms with Gasteiger partial charge in [0.15, 0.2) is 0 Å². The highest BCUT2D eigenvalue weighted by atomic mass is 79.9. The summed E-state index contributed by atoms with van der Waals surface area (Å²) in [6.45, 7) is 0. The van der Waals surface area contributed by atoms with E-state index in [1.54, 1.807) is 29.8 Å². The van der Waals surface area contributed by atoms with E-state index in [0.29, 0.717) is 5.56 Å². The van der Waals surface area contributed by atoms with Crippen LogP contribution in [0.15, 0.2) is 64.7 Å². The van der Waals surface area contributed by atoms with Gasteiger partial charge in [-0.05, 0) is 39.5 Å². The SMILES string of the molecule is O=C(Nc1ccccc1-c1cccs1)c1cncc(Br)c1. The van der Waals surface area contributed by atoms with Gasteiger partial charge in [-0.25, -0.2) is 0 Å². The van der Waals surface area contributed by atoms with Crippen molar-refractivity contribution in [2.24, 2.45) is 0 Å². The molecule has 0 aliphatic carbocycles. The number of nitrogens with zero attached hydrogens (tertiary/aromatic N) is 1. The second kappa shape index (κ2) is 6.20. The van der Waals surface area contributed by atoms with E-state index in [-0.39, 0.29) is 5.91 Å². The van der Waals surface area contributed by atoms with Crippen LogP contribution in [0.3, 0.4) is 0 Å². The summed E-state index contributed by atoms with van der Waals surface area (Å²) in [6, 6.07) is 13.6. The van der Waals surface area contributed by atoms with Crippen LogP contribution in [0.4, 0.5) is 5.69 Å². The number of halogens is 1. The smallest absolute Gasteiger partial charge is 0.257 e. The number of benzene rings is 1. The van der Waals surface area contributed by atoms with Crippen molar-refractivity contribution in [1.82, 2.24) is 4.98 Å². The third-order valence-corrected chi connectivity index (χ3v) is 4.27. The number of rotatable bonds is 3. The minimum atomic E-state index is -0.173. The molecule has 104 valence electrons. The average molecular weight is 359 g/mol. The van der Waals surface area contributed by atoms with Crippen LogP contribution >= 0.6 is 27.3 Å². The second-order valence-electron chi connectivity index (χ2n) is 4.37. The Balaban J connectivity index is 1.90. The van der Waals surface area contributed by atoms with Gasteiger partial charge in [0, 0.05) is 33.0 Å². The summed E-state index contributed by atoms with van der Waals surface area (Å²) in [4.78, 5) is 17.5. The number of nitrogens with one attached hydrogen (secondary N) is 1. The molecule has 21 heavy (non-hydrogen) atoms. The number of hydrogen-bond donors (Lipinski definition) is 1. The Hall–Kier alpha value is -1.98. The third-order valence-electron chi connectivity index (χ3n) is 2.93. The first kappa shape index (κ1) is 14.0. The Morgan fingerprint density at radius 3 is 2.76 bits per heavy atom. The molecular formula is C16H11BrN2OS. The van der Waals surface area contributed by atoms with E-state index in [1.165, 1.54) is 0 Å². The molecule has 0 spiro atoms. The summed E-state index contributed by atoms with van der Waals surface area (Å²) in [5.74, 6) is -0.173. The molecule has 1 aromatic carbocycles. The Kier molecular flexibility index (Phi) is 4.13. The summed E-state index contributed by atoms with van der Waals surface area (Å²) in [5.41, 5.74) is 2.33. The van der Waals surface area contributed by atoms with Crippen LogP contribution in [0.5, 0.6) is 0 Å². The van der Waals surface area contributed by atoms with Gasteiger partial charge in [-0.3, -0.25) is 9.78 Å². The van der Waals surface area contributed by atoms with Gasteiger partial charge in [-0.1, -0.05) is 24.3 Å². The Morgan fingerprint density at radius 2 is 2.00 bits per heavy atom. The maximum absolute atomic E-state index is 12.3. The number of carbonyl (C=O) groups is 1. The molecule has 3 nitrogen and oxygen atoms in total. The van der Waals surface area contributed by atoms with Gasteiger partial charge in [0.1, 0.15) is 0 Å². The fraction of sp³-hybridized carbons (Fsp3) is 0. The predicted molar refractivity (Wildman–Crippen MR) is 89.6 cm³/mol. The number of thiophene rings is 1. The van der Waals surface area contributed by atoms with Crippen LogP contribution in [-0.4, -0.2) is 10.9 Å². The lowest BCUT2D eigenvalue weighted by atomic mass is 10.1. The number of pyridine rings is 1. The van der Waals surface area contributed by atoms with Crippen molar-refractivity contribution in [1.29, 1.82) is 0 Å². The minimum absolute atomic E-state index is 0.173. The van der Waals surface area contributed by atoms with E-state index >= 15 is 0 Å². The summed E-state index contributed by atoms with van der Waals surface area (Å²) in [7, 11) is 0. The number of carbonyl (C=O) groups excluding carboxylic acids is 1. The molecule has 2 aromatic heterocycles. The van der Waals surface area contributed by atoms with Gasteiger partial charge in [-0.2, -0.15) is 0 Å². The van der Waals surface area contributed by atoms with Gasteiger partial charge in [0.2, 0.25) is 0 Å². The van der Waals surface area contributed by atoms with Gasteiger partial charge >= 0.3 is 0 Å². The monoisotopic (exact) mass is 358 g/mol. The number of aromatic nitrogens is 1. The summed E-state index contributed by atoms with van der Waals surface area (Å²) < 4.78 is 0.779. The zero-order valence-corrected chi connectivity index (χ0v) is 13.3. The molecule has 1 N–H and O–H groups in total. The number of anilines is 1. The van der Waals surface area contributed by atoms with E-state index in [9.17, 15) is 4.79 Å². The van der Waals surface area contributed by atoms with E-state index < -0.39 is 0 Å². The molecule has 5 heteroatoms. The predicted octanol–water partition coefficient (Wildman–Crippen LogP) is 4.82. The van der Waals surface area contributed by atoms with Crippen molar-refractivity contribution in [2.75, 3.05) is 5.32 Å². The molecule has 0 saturated carbocycles. The fourth-order valence-electron chi connectivity index (χ4n) is 1.97. The van der Waals surface area contributed by atoms with Crippen molar-refractivity contribution in [3.63, 3.8) is 0 Å². The third kappa shape index (κ3) is 3.20. The maximum Gasteiger partial charge on any atom is 0.257 e. The molecule has 0 aliphatic rings. The molecule has 3 aromatic rings. The highest BCUT2D eigenvalue weighted by Crippen LogP contribution is 2.31. The van der Waals surface area contributed by atoms with Crippen molar-refractivity contribution in [3.05, 3.63) is 70.3 Å². The van der Waals surface area contributed by atoms with Crippen LogP contribution in [0.1, 0.15) is 10.4 Å². The Labute approximate surface area is 134 Å². The normalized spacial score (nSPS) is 10.3. The van der Waals surface area contributed by atoms with Crippen LogP contribution in [-0.2, 0) is 0 Å². The van der Waals surface area contributed by atoms with Gasteiger partial charge in [0.05, 0.1) is 5.56 Å². The molecule has 0 unspecified atom stereocenters. The highest BCUT2D eigenvalue weighted by molar-refractivity contribution is 9.10. The highest BCUT2D eigenvalue weighted by Gasteiger charge is 2.11. The first-order valence-electron chi connectivity index (χ1n) is 6.29. The van der Waals surface area contributed by atoms with Crippen LogP contribution in [0.25, 0.3) is 10.4 Å². The Bertz CT molecular complexity index is 771. The topological polar surface area (TPSA) is 42.0 Å². The fourth-order valence-corrected chi connectivity index (χ4v) is 3.10. The zero-order valence-electron chi connectivity index (χ0n) is 10.9. The average Bonchev–Trinajstić information content (AvgIpc) is 3.02. The lowest BCUT2D eigenvalue weighted by Gasteiger charge is -2.10. The molecule has 1 amide bonds.